The first-order valence-corrected chi connectivity index (χ1v) is 11.2. The fourth-order valence-corrected chi connectivity index (χ4v) is 4.28. The number of carbonyl (C=O) groups excluding carboxylic acids is 2. The van der Waals surface area contributed by atoms with Gasteiger partial charge in [-0.25, -0.2) is 0 Å². The van der Waals surface area contributed by atoms with Crippen molar-refractivity contribution in [2.45, 2.75) is 19.4 Å². The first-order valence-electron chi connectivity index (χ1n) is 11.2. The topological polar surface area (TPSA) is 67.7 Å². The van der Waals surface area contributed by atoms with E-state index in [2.05, 4.69) is 0 Å². The van der Waals surface area contributed by atoms with Crippen LogP contribution < -0.4 is 4.74 Å². The van der Waals surface area contributed by atoms with Crippen molar-refractivity contribution in [3.63, 3.8) is 0 Å². The van der Waals surface area contributed by atoms with E-state index in [0.717, 1.165) is 11.1 Å². The lowest BCUT2D eigenvalue weighted by Crippen LogP contribution is -2.42. The molecule has 1 aromatic heterocycles. The van der Waals surface area contributed by atoms with E-state index in [1.807, 2.05) is 70.4 Å². The van der Waals surface area contributed by atoms with Gasteiger partial charge in [0, 0.05) is 44.9 Å². The number of hydrogen-bond donors (Lipinski definition) is 0. The molecule has 33 heavy (non-hydrogen) atoms. The fraction of sp³-hybridized carbons (Fsp3) is 0.346. The molecule has 0 saturated carbocycles. The zero-order chi connectivity index (χ0) is 23.4. The SMILES string of the molecule is COc1cccc(-c2nn(Cc3ccccc3)cc2C(=O)N2CCC(C(=O)N(C)C)CC2)c1. The summed E-state index contributed by atoms with van der Waals surface area (Å²) in [5.41, 5.74) is 3.15. The van der Waals surface area contributed by atoms with Crippen molar-refractivity contribution in [2.75, 3.05) is 34.3 Å². The Labute approximate surface area is 194 Å². The van der Waals surface area contributed by atoms with Crippen LogP contribution in [0.2, 0.25) is 0 Å². The molecular formula is C26H30N4O3. The number of hydrogen-bond acceptors (Lipinski definition) is 4. The number of benzene rings is 2. The van der Waals surface area contributed by atoms with Crippen LogP contribution in [0.3, 0.4) is 0 Å². The van der Waals surface area contributed by atoms with Crippen molar-refractivity contribution >= 4 is 11.8 Å². The average Bonchev–Trinajstić information content (AvgIpc) is 3.27. The van der Waals surface area contributed by atoms with E-state index in [-0.39, 0.29) is 17.7 Å². The molecule has 0 bridgehead atoms. The van der Waals surface area contributed by atoms with Crippen molar-refractivity contribution in [2.24, 2.45) is 5.92 Å². The normalized spacial score (nSPS) is 14.2. The number of nitrogens with zero attached hydrogens (tertiary/aromatic N) is 4. The molecule has 4 rings (SSSR count). The lowest BCUT2D eigenvalue weighted by atomic mass is 9.95. The van der Waals surface area contributed by atoms with Gasteiger partial charge >= 0.3 is 0 Å². The Balaban J connectivity index is 1.61. The molecule has 1 aliphatic heterocycles. The Kier molecular flexibility index (Phi) is 6.77. The smallest absolute Gasteiger partial charge is 0.257 e. The Morgan fingerprint density at radius 2 is 1.79 bits per heavy atom. The van der Waals surface area contributed by atoms with Crippen molar-refractivity contribution in [1.82, 2.24) is 19.6 Å². The number of ether oxygens (including phenoxy) is 1. The van der Waals surface area contributed by atoms with Crippen molar-refractivity contribution in [3.05, 3.63) is 71.9 Å². The number of likely N-dealkylation sites (tertiary alicyclic amines) is 1. The van der Waals surface area contributed by atoms with Gasteiger partial charge in [-0.1, -0.05) is 42.5 Å². The molecule has 0 aliphatic carbocycles. The monoisotopic (exact) mass is 446 g/mol. The van der Waals surface area contributed by atoms with Gasteiger partial charge < -0.3 is 14.5 Å². The molecule has 2 aromatic carbocycles. The summed E-state index contributed by atoms with van der Waals surface area (Å²) in [6, 6.07) is 17.7. The maximum absolute atomic E-state index is 13.6. The predicted molar refractivity (Wildman–Crippen MR) is 127 cm³/mol. The van der Waals surface area contributed by atoms with E-state index < -0.39 is 0 Å². The quantitative estimate of drug-likeness (QED) is 0.581. The van der Waals surface area contributed by atoms with Gasteiger partial charge in [0.15, 0.2) is 0 Å². The van der Waals surface area contributed by atoms with E-state index in [4.69, 9.17) is 9.84 Å². The first kappa shape index (κ1) is 22.6. The number of rotatable bonds is 6. The number of piperidine rings is 1. The molecule has 7 nitrogen and oxygen atoms in total. The van der Waals surface area contributed by atoms with Gasteiger partial charge in [-0.3, -0.25) is 14.3 Å². The predicted octanol–water partition coefficient (Wildman–Crippen LogP) is 3.55. The van der Waals surface area contributed by atoms with E-state index in [0.29, 0.717) is 49.5 Å². The van der Waals surface area contributed by atoms with E-state index in [1.165, 1.54) is 0 Å². The van der Waals surface area contributed by atoms with Crippen molar-refractivity contribution < 1.29 is 14.3 Å². The van der Waals surface area contributed by atoms with Crippen molar-refractivity contribution in [1.29, 1.82) is 0 Å². The molecule has 2 heterocycles. The van der Waals surface area contributed by atoms with Gasteiger partial charge in [0.2, 0.25) is 5.91 Å². The summed E-state index contributed by atoms with van der Waals surface area (Å²) >= 11 is 0. The second-order valence-corrected chi connectivity index (χ2v) is 8.61. The number of methoxy groups -OCH3 is 1. The highest BCUT2D eigenvalue weighted by Gasteiger charge is 2.30. The van der Waals surface area contributed by atoms with Crippen LogP contribution in [0.4, 0.5) is 0 Å². The molecule has 1 fully saturated rings. The molecule has 0 radical (unpaired) electrons. The third-order valence-electron chi connectivity index (χ3n) is 6.09. The molecular weight excluding hydrogens is 416 g/mol. The largest absolute Gasteiger partial charge is 0.497 e. The van der Waals surface area contributed by atoms with Crippen LogP contribution in [-0.4, -0.2) is 65.7 Å². The number of carbonyl (C=O) groups is 2. The Hall–Kier alpha value is -3.61. The zero-order valence-corrected chi connectivity index (χ0v) is 19.4. The molecule has 0 N–H and O–H groups in total. The molecule has 7 heteroatoms. The van der Waals surface area contributed by atoms with Crippen LogP contribution in [0.25, 0.3) is 11.3 Å². The summed E-state index contributed by atoms with van der Waals surface area (Å²) < 4.78 is 7.20. The number of amides is 2. The molecule has 0 unspecified atom stereocenters. The molecule has 1 aliphatic rings. The third kappa shape index (κ3) is 5.08. The van der Waals surface area contributed by atoms with Gasteiger partial charge in [0.05, 0.1) is 19.2 Å². The van der Waals surface area contributed by atoms with Gasteiger partial charge in [-0.05, 0) is 30.5 Å². The fourth-order valence-electron chi connectivity index (χ4n) is 4.28. The minimum Gasteiger partial charge on any atom is -0.497 e. The Bertz CT molecular complexity index is 1120. The van der Waals surface area contributed by atoms with E-state index in [1.54, 1.807) is 26.1 Å². The molecule has 3 aromatic rings. The first-order chi connectivity index (χ1) is 16.0. The van der Waals surface area contributed by atoms with Gasteiger partial charge in [0.1, 0.15) is 11.4 Å². The van der Waals surface area contributed by atoms with Gasteiger partial charge in [-0.15, -0.1) is 0 Å². The lowest BCUT2D eigenvalue weighted by molar-refractivity contribution is -0.134. The zero-order valence-electron chi connectivity index (χ0n) is 19.4. The van der Waals surface area contributed by atoms with Crippen LogP contribution in [0.5, 0.6) is 5.75 Å². The summed E-state index contributed by atoms with van der Waals surface area (Å²) in [5.74, 6) is 0.770. The van der Waals surface area contributed by atoms with Gasteiger partial charge in [-0.2, -0.15) is 5.10 Å². The maximum Gasteiger partial charge on any atom is 0.257 e. The molecule has 2 amide bonds. The Morgan fingerprint density at radius 1 is 1.06 bits per heavy atom. The van der Waals surface area contributed by atoms with E-state index >= 15 is 0 Å². The molecule has 172 valence electrons. The minimum absolute atomic E-state index is 0.0253. The maximum atomic E-state index is 13.6. The third-order valence-corrected chi connectivity index (χ3v) is 6.09. The summed E-state index contributed by atoms with van der Waals surface area (Å²) in [5, 5.41) is 4.79. The summed E-state index contributed by atoms with van der Waals surface area (Å²) in [4.78, 5) is 29.4. The van der Waals surface area contributed by atoms with Crippen LogP contribution in [0.15, 0.2) is 60.8 Å². The summed E-state index contributed by atoms with van der Waals surface area (Å²) in [7, 11) is 5.18. The van der Waals surface area contributed by atoms with Crippen LogP contribution in [-0.2, 0) is 11.3 Å². The second kappa shape index (κ2) is 9.90. The average molecular weight is 447 g/mol. The van der Waals surface area contributed by atoms with Gasteiger partial charge in [0.25, 0.3) is 5.91 Å². The minimum atomic E-state index is -0.0529. The molecule has 0 spiro atoms. The Morgan fingerprint density at radius 3 is 2.45 bits per heavy atom. The molecule has 0 atom stereocenters. The molecule has 1 saturated heterocycles. The standard InChI is InChI=1S/C26H30N4O3/c1-28(2)25(31)20-12-14-29(15-13-20)26(32)23-18-30(17-19-8-5-4-6-9-19)27-24(23)21-10-7-11-22(16-21)33-3/h4-11,16,18,20H,12-15,17H2,1-3H3. The van der Waals surface area contributed by atoms with E-state index in [9.17, 15) is 9.59 Å². The van der Waals surface area contributed by atoms with Crippen LogP contribution in [0, 0.1) is 5.92 Å². The second-order valence-electron chi connectivity index (χ2n) is 8.61. The number of aromatic nitrogens is 2. The van der Waals surface area contributed by atoms with Crippen LogP contribution in [0.1, 0.15) is 28.8 Å². The summed E-state index contributed by atoms with van der Waals surface area (Å²) in [6.45, 7) is 1.69. The van der Waals surface area contributed by atoms with Crippen molar-refractivity contribution in [3.8, 4) is 17.0 Å². The highest BCUT2D eigenvalue weighted by atomic mass is 16.5. The highest BCUT2D eigenvalue weighted by molar-refractivity contribution is 6.00. The lowest BCUT2D eigenvalue weighted by Gasteiger charge is -2.32. The van der Waals surface area contributed by atoms with Crippen LogP contribution >= 0.6 is 0 Å². The summed E-state index contributed by atoms with van der Waals surface area (Å²) in [6.07, 6.45) is 3.19. The highest BCUT2D eigenvalue weighted by Crippen LogP contribution is 2.28.